The summed E-state index contributed by atoms with van der Waals surface area (Å²) in [6, 6.07) is 4.64. The minimum atomic E-state index is -3.38. The maximum atomic E-state index is 11.7. The third-order valence-electron chi connectivity index (χ3n) is 1.88. The van der Waals surface area contributed by atoms with Crippen LogP contribution in [0.2, 0.25) is 0 Å². The van der Waals surface area contributed by atoms with Crippen LogP contribution in [0, 0.1) is 0 Å². The van der Waals surface area contributed by atoms with E-state index in [9.17, 15) is 8.42 Å². The molecule has 1 aromatic carbocycles. The lowest BCUT2D eigenvalue weighted by atomic mass is 10.3. The summed E-state index contributed by atoms with van der Waals surface area (Å²) in [5.74, 6) is -0.0880. The Balaban J connectivity index is 3.05. The van der Waals surface area contributed by atoms with E-state index < -0.39 is 9.84 Å². The maximum Gasteiger partial charge on any atom is 0.180 e. The number of nitrogens with two attached hydrogens (primary N) is 1. The Labute approximate surface area is 97.2 Å². The second-order valence-electron chi connectivity index (χ2n) is 3.08. The Kier molecular flexibility index (Phi) is 4.12. The van der Waals surface area contributed by atoms with Gasteiger partial charge in [-0.3, -0.25) is 0 Å². The molecule has 0 radical (unpaired) electrons. The molecular formula is C9H12BrNO3S. The lowest BCUT2D eigenvalue weighted by Crippen LogP contribution is -2.10. The van der Waals surface area contributed by atoms with E-state index in [0.29, 0.717) is 0 Å². The molecule has 1 aromatic rings. The summed E-state index contributed by atoms with van der Waals surface area (Å²) >= 11 is 3.20. The molecule has 0 fully saturated rings. The molecule has 0 aliphatic carbocycles. The quantitative estimate of drug-likeness (QED) is 0.817. The molecule has 15 heavy (non-hydrogen) atoms. The maximum absolute atomic E-state index is 11.7. The van der Waals surface area contributed by atoms with E-state index in [4.69, 9.17) is 10.8 Å². The third kappa shape index (κ3) is 3.19. The van der Waals surface area contributed by atoms with Gasteiger partial charge < -0.3 is 10.8 Å². The predicted molar refractivity (Wildman–Crippen MR) is 62.3 cm³/mol. The molecule has 4 nitrogen and oxygen atoms in total. The topological polar surface area (TPSA) is 80.4 Å². The van der Waals surface area contributed by atoms with Crippen LogP contribution in [0.15, 0.2) is 27.6 Å². The molecule has 0 saturated carbocycles. The summed E-state index contributed by atoms with van der Waals surface area (Å²) in [5, 5.41) is 8.59. The van der Waals surface area contributed by atoms with Gasteiger partial charge in [0.15, 0.2) is 9.84 Å². The summed E-state index contributed by atoms with van der Waals surface area (Å²) in [6.45, 7) is -0.143. The number of anilines is 1. The van der Waals surface area contributed by atoms with Crippen LogP contribution in [-0.4, -0.2) is 25.9 Å². The smallest absolute Gasteiger partial charge is 0.180 e. The SMILES string of the molecule is Nc1cc(Br)ccc1S(=O)(=O)CCCO. The van der Waals surface area contributed by atoms with E-state index in [2.05, 4.69) is 15.9 Å². The standard InChI is InChI=1S/C9H12BrNO3S/c10-7-2-3-9(8(11)6-7)15(13,14)5-1-4-12/h2-3,6,12H,1,4-5,11H2. The number of halogens is 1. The van der Waals surface area contributed by atoms with Crippen molar-refractivity contribution < 1.29 is 13.5 Å². The molecule has 0 spiro atoms. The Bertz CT molecular complexity index is 445. The first-order valence-electron chi connectivity index (χ1n) is 4.36. The molecule has 0 unspecified atom stereocenters. The van der Waals surface area contributed by atoms with Crippen LogP contribution in [-0.2, 0) is 9.84 Å². The molecule has 0 amide bonds. The van der Waals surface area contributed by atoms with Crippen molar-refractivity contribution in [2.24, 2.45) is 0 Å². The monoisotopic (exact) mass is 293 g/mol. The highest BCUT2D eigenvalue weighted by Crippen LogP contribution is 2.23. The van der Waals surface area contributed by atoms with Crippen molar-refractivity contribution in [3.8, 4) is 0 Å². The van der Waals surface area contributed by atoms with Gasteiger partial charge in [0.05, 0.1) is 16.3 Å². The fourth-order valence-electron chi connectivity index (χ4n) is 1.17. The van der Waals surface area contributed by atoms with Crippen LogP contribution in [0.1, 0.15) is 6.42 Å². The number of rotatable bonds is 4. The van der Waals surface area contributed by atoms with Gasteiger partial charge in [-0.05, 0) is 24.6 Å². The fraction of sp³-hybridized carbons (Fsp3) is 0.333. The molecule has 0 atom stereocenters. The molecule has 84 valence electrons. The molecular weight excluding hydrogens is 282 g/mol. The Morgan fingerprint density at radius 3 is 2.60 bits per heavy atom. The summed E-state index contributed by atoms with van der Waals surface area (Å²) in [4.78, 5) is 0.124. The molecule has 0 aliphatic rings. The first-order chi connectivity index (χ1) is 6.97. The van der Waals surface area contributed by atoms with Gasteiger partial charge in [-0.1, -0.05) is 15.9 Å². The highest BCUT2D eigenvalue weighted by Gasteiger charge is 2.16. The van der Waals surface area contributed by atoms with Crippen LogP contribution in [0.3, 0.4) is 0 Å². The molecule has 1 rings (SSSR count). The van der Waals surface area contributed by atoms with Gasteiger partial charge in [0, 0.05) is 11.1 Å². The average Bonchev–Trinajstić information content (AvgIpc) is 2.14. The van der Waals surface area contributed by atoms with Gasteiger partial charge >= 0.3 is 0 Å². The first-order valence-corrected chi connectivity index (χ1v) is 6.80. The number of sulfone groups is 1. The Morgan fingerprint density at radius 1 is 1.40 bits per heavy atom. The number of aliphatic hydroxyl groups is 1. The largest absolute Gasteiger partial charge is 0.398 e. The highest BCUT2D eigenvalue weighted by molar-refractivity contribution is 9.10. The van der Waals surface area contributed by atoms with Gasteiger partial charge in [0.1, 0.15) is 0 Å². The minimum Gasteiger partial charge on any atom is -0.398 e. The van der Waals surface area contributed by atoms with Crippen LogP contribution in [0.4, 0.5) is 5.69 Å². The van der Waals surface area contributed by atoms with Crippen molar-refractivity contribution >= 4 is 31.5 Å². The van der Waals surface area contributed by atoms with Crippen molar-refractivity contribution in [2.75, 3.05) is 18.1 Å². The lowest BCUT2D eigenvalue weighted by Gasteiger charge is -2.06. The molecule has 0 saturated heterocycles. The Hall–Kier alpha value is -0.590. The first kappa shape index (κ1) is 12.5. The van der Waals surface area contributed by atoms with Crippen molar-refractivity contribution in [1.82, 2.24) is 0 Å². The van der Waals surface area contributed by atoms with Crippen LogP contribution in [0.25, 0.3) is 0 Å². The van der Waals surface area contributed by atoms with E-state index in [-0.39, 0.29) is 29.4 Å². The number of hydrogen-bond acceptors (Lipinski definition) is 4. The predicted octanol–water partition coefficient (Wildman–Crippen LogP) is 1.19. The zero-order valence-electron chi connectivity index (χ0n) is 7.98. The fourth-order valence-corrected chi connectivity index (χ4v) is 2.97. The van der Waals surface area contributed by atoms with Crippen molar-refractivity contribution in [1.29, 1.82) is 0 Å². The van der Waals surface area contributed by atoms with Crippen molar-refractivity contribution in [3.05, 3.63) is 22.7 Å². The lowest BCUT2D eigenvalue weighted by molar-refractivity contribution is 0.295. The zero-order chi connectivity index (χ0) is 11.5. The van der Waals surface area contributed by atoms with E-state index in [1.807, 2.05) is 0 Å². The minimum absolute atomic E-state index is 0.0880. The van der Waals surface area contributed by atoms with Gasteiger partial charge in [-0.2, -0.15) is 0 Å². The average molecular weight is 294 g/mol. The van der Waals surface area contributed by atoms with Gasteiger partial charge in [-0.15, -0.1) is 0 Å². The summed E-state index contributed by atoms with van der Waals surface area (Å²) in [5.41, 5.74) is 5.83. The molecule has 0 bridgehead atoms. The molecule has 3 N–H and O–H groups in total. The highest BCUT2D eigenvalue weighted by atomic mass is 79.9. The zero-order valence-corrected chi connectivity index (χ0v) is 10.4. The Morgan fingerprint density at radius 2 is 2.07 bits per heavy atom. The van der Waals surface area contributed by atoms with Crippen molar-refractivity contribution in [3.63, 3.8) is 0 Å². The van der Waals surface area contributed by atoms with Gasteiger partial charge in [0.2, 0.25) is 0 Å². The molecule has 0 aromatic heterocycles. The number of hydrogen-bond donors (Lipinski definition) is 2. The van der Waals surface area contributed by atoms with E-state index in [1.54, 1.807) is 12.1 Å². The molecule has 6 heteroatoms. The second kappa shape index (κ2) is 4.96. The number of nitrogen functional groups attached to an aromatic ring is 1. The number of benzene rings is 1. The van der Waals surface area contributed by atoms with Gasteiger partial charge in [-0.25, -0.2) is 8.42 Å². The van der Waals surface area contributed by atoms with Crippen molar-refractivity contribution in [2.45, 2.75) is 11.3 Å². The summed E-state index contributed by atoms with van der Waals surface area (Å²) in [7, 11) is -3.38. The van der Waals surface area contributed by atoms with E-state index in [0.717, 1.165) is 4.47 Å². The van der Waals surface area contributed by atoms with Gasteiger partial charge in [0.25, 0.3) is 0 Å². The molecule has 0 heterocycles. The van der Waals surface area contributed by atoms with Crippen LogP contribution >= 0.6 is 15.9 Å². The van der Waals surface area contributed by atoms with E-state index in [1.165, 1.54) is 6.07 Å². The second-order valence-corrected chi connectivity index (χ2v) is 6.07. The third-order valence-corrected chi connectivity index (χ3v) is 4.24. The van der Waals surface area contributed by atoms with Crippen LogP contribution in [0.5, 0.6) is 0 Å². The summed E-state index contributed by atoms with van der Waals surface area (Å²) < 4.78 is 24.2. The van der Waals surface area contributed by atoms with E-state index >= 15 is 0 Å². The summed E-state index contributed by atoms with van der Waals surface area (Å²) in [6.07, 6.45) is 0.220. The molecule has 0 aliphatic heterocycles. The van der Waals surface area contributed by atoms with Crippen LogP contribution < -0.4 is 5.73 Å². The normalized spacial score (nSPS) is 11.6. The number of aliphatic hydroxyl groups excluding tert-OH is 1.